The largest absolute Gasteiger partial charge is 0.374 e. The fraction of sp³-hybridized carbons (Fsp3) is 0.500. The van der Waals surface area contributed by atoms with Crippen molar-refractivity contribution in [2.24, 2.45) is 0 Å². The molecule has 6 heteroatoms. The van der Waals surface area contributed by atoms with Gasteiger partial charge in [-0.2, -0.15) is 0 Å². The van der Waals surface area contributed by atoms with Crippen LogP contribution in [0.3, 0.4) is 0 Å². The van der Waals surface area contributed by atoms with E-state index in [1.165, 1.54) is 22.6 Å². The van der Waals surface area contributed by atoms with Gasteiger partial charge in [-0.15, -0.1) is 10.2 Å². The molecule has 2 aromatic heterocycles. The minimum absolute atomic E-state index is 0.0512. The summed E-state index contributed by atoms with van der Waals surface area (Å²) in [5.41, 5.74) is 8.83. The maximum atomic E-state index is 12.7. The van der Waals surface area contributed by atoms with Gasteiger partial charge in [0, 0.05) is 12.2 Å². The Hall–Kier alpha value is -1.69. The van der Waals surface area contributed by atoms with E-state index in [0.29, 0.717) is 15.7 Å². The molecule has 0 aromatic carbocycles. The van der Waals surface area contributed by atoms with Gasteiger partial charge in [-0.3, -0.25) is 4.79 Å². The zero-order valence-corrected chi connectivity index (χ0v) is 12.4. The Bertz CT molecular complexity index is 689. The van der Waals surface area contributed by atoms with Gasteiger partial charge in [0.15, 0.2) is 5.01 Å². The summed E-state index contributed by atoms with van der Waals surface area (Å²) >= 11 is 1.28. The molecule has 20 heavy (non-hydrogen) atoms. The molecule has 106 valence electrons. The highest BCUT2D eigenvalue weighted by atomic mass is 32.1. The summed E-state index contributed by atoms with van der Waals surface area (Å²) in [5.74, 6) is 0. The van der Waals surface area contributed by atoms with Crippen LogP contribution in [-0.4, -0.2) is 14.8 Å². The molecule has 2 N–H and O–H groups in total. The van der Waals surface area contributed by atoms with Gasteiger partial charge >= 0.3 is 0 Å². The van der Waals surface area contributed by atoms with Gasteiger partial charge in [0.2, 0.25) is 5.13 Å². The van der Waals surface area contributed by atoms with Crippen LogP contribution >= 0.6 is 11.3 Å². The average Bonchev–Trinajstić information content (AvgIpc) is 3.05. The summed E-state index contributed by atoms with van der Waals surface area (Å²) in [7, 11) is 0. The van der Waals surface area contributed by atoms with Gasteiger partial charge < -0.3 is 10.3 Å². The predicted molar refractivity (Wildman–Crippen MR) is 81.0 cm³/mol. The van der Waals surface area contributed by atoms with Crippen molar-refractivity contribution in [2.45, 2.75) is 45.6 Å². The number of nitrogens with zero attached hydrogens (tertiary/aromatic N) is 3. The van der Waals surface area contributed by atoms with E-state index >= 15 is 0 Å². The maximum Gasteiger partial charge on any atom is 0.261 e. The summed E-state index contributed by atoms with van der Waals surface area (Å²) in [6, 6.07) is 1.99. The van der Waals surface area contributed by atoms with Gasteiger partial charge in [0.05, 0.1) is 5.56 Å². The molecule has 1 aliphatic rings. The molecule has 3 rings (SSSR count). The molecule has 0 amide bonds. The van der Waals surface area contributed by atoms with Crippen molar-refractivity contribution in [3.05, 3.63) is 27.7 Å². The van der Waals surface area contributed by atoms with Crippen molar-refractivity contribution < 1.29 is 0 Å². The molecule has 5 nitrogen and oxygen atoms in total. The molecular weight excluding hydrogens is 272 g/mol. The van der Waals surface area contributed by atoms with E-state index < -0.39 is 0 Å². The van der Waals surface area contributed by atoms with Crippen LogP contribution in [0, 0.1) is 0 Å². The highest BCUT2D eigenvalue weighted by molar-refractivity contribution is 7.18. The lowest BCUT2D eigenvalue weighted by Crippen LogP contribution is -2.25. The Morgan fingerprint density at radius 3 is 2.95 bits per heavy atom. The number of nitrogen functional groups attached to an aromatic ring is 1. The van der Waals surface area contributed by atoms with E-state index in [0.717, 1.165) is 38.6 Å². The van der Waals surface area contributed by atoms with Crippen molar-refractivity contribution in [2.75, 3.05) is 5.73 Å². The number of aryl methyl sites for hydroxylation is 1. The van der Waals surface area contributed by atoms with Crippen LogP contribution in [0.4, 0.5) is 5.13 Å². The van der Waals surface area contributed by atoms with E-state index in [1.807, 2.05) is 10.6 Å². The lowest BCUT2D eigenvalue weighted by Gasteiger charge is -2.13. The first-order chi connectivity index (χ1) is 9.70. The van der Waals surface area contributed by atoms with E-state index in [-0.39, 0.29) is 5.56 Å². The summed E-state index contributed by atoms with van der Waals surface area (Å²) < 4.78 is 1.94. The minimum atomic E-state index is 0.0512. The maximum absolute atomic E-state index is 12.7. The quantitative estimate of drug-likeness (QED) is 0.937. The predicted octanol–water partition coefficient (Wildman–Crippen LogP) is 2.24. The van der Waals surface area contributed by atoms with Crippen molar-refractivity contribution in [3.63, 3.8) is 0 Å². The third-order valence-electron chi connectivity index (χ3n) is 3.76. The number of pyridine rings is 1. The molecule has 0 aliphatic heterocycles. The number of unbranched alkanes of at least 4 members (excludes halogenated alkanes) is 1. The third kappa shape index (κ3) is 2.24. The lowest BCUT2D eigenvalue weighted by molar-refractivity contribution is 0.591. The Balaban J connectivity index is 2.14. The number of hydrogen-bond donors (Lipinski definition) is 1. The molecule has 0 fully saturated rings. The molecule has 0 radical (unpaired) electrons. The number of nitrogens with two attached hydrogens (primary N) is 1. The number of anilines is 1. The normalized spacial score (nSPS) is 13.7. The van der Waals surface area contributed by atoms with E-state index in [1.54, 1.807) is 0 Å². The van der Waals surface area contributed by atoms with Crippen LogP contribution < -0.4 is 11.3 Å². The molecule has 1 aliphatic carbocycles. The van der Waals surface area contributed by atoms with Gasteiger partial charge in [0.1, 0.15) is 0 Å². The summed E-state index contributed by atoms with van der Waals surface area (Å²) in [4.78, 5) is 12.7. The Labute approximate surface area is 121 Å². The first-order valence-electron chi connectivity index (χ1n) is 7.05. The van der Waals surface area contributed by atoms with E-state index in [4.69, 9.17) is 5.73 Å². The molecular formula is C14H18N4OS. The second-order valence-electron chi connectivity index (χ2n) is 5.14. The third-order valence-corrected chi connectivity index (χ3v) is 4.54. The second kappa shape index (κ2) is 5.36. The Morgan fingerprint density at radius 1 is 1.40 bits per heavy atom. The van der Waals surface area contributed by atoms with Crippen molar-refractivity contribution >= 4 is 16.5 Å². The Morgan fingerprint density at radius 2 is 2.25 bits per heavy atom. The minimum Gasteiger partial charge on any atom is -0.374 e. The fourth-order valence-electron chi connectivity index (χ4n) is 2.77. The lowest BCUT2D eigenvalue weighted by atomic mass is 10.1. The molecule has 2 heterocycles. The van der Waals surface area contributed by atoms with Crippen LogP contribution in [0.2, 0.25) is 0 Å². The van der Waals surface area contributed by atoms with Gasteiger partial charge in [-0.1, -0.05) is 24.7 Å². The Kier molecular flexibility index (Phi) is 3.56. The first kappa shape index (κ1) is 13.3. The highest BCUT2D eigenvalue weighted by Gasteiger charge is 2.21. The van der Waals surface area contributed by atoms with Crippen LogP contribution in [0.15, 0.2) is 10.9 Å². The number of rotatable bonds is 4. The summed E-state index contributed by atoms with van der Waals surface area (Å²) in [6.07, 6.45) is 5.28. The monoisotopic (exact) mass is 290 g/mol. The van der Waals surface area contributed by atoms with E-state index in [2.05, 4.69) is 17.1 Å². The summed E-state index contributed by atoms with van der Waals surface area (Å²) in [5, 5.41) is 8.88. The van der Waals surface area contributed by atoms with Crippen molar-refractivity contribution in [1.82, 2.24) is 14.8 Å². The zero-order valence-electron chi connectivity index (χ0n) is 11.6. The zero-order chi connectivity index (χ0) is 14.1. The number of fused-ring (bicyclic) bond motifs is 1. The molecule has 0 saturated carbocycles. The molecule has 0 saturated heterocycles. The van der Waals surface area contributed by atoms with Crippen LogP contribution in [-0.2, 0) is 19.4 Å². The molecule has 2 aromatic rings. The second-order valence-corrected chi connectivity index (χ2v) is 6.15. The van der Waals surface area contributed by atoms with Crippen LogP contribution in [0.5, 0.6) is 0 Å². The summed E-state index contributed by atoms with van der Waals surface area (Å²) in [6.45, 7) is 2.93. The van der Waals surface area contributed by atoms with Crippen LogP contribution in [0.1, 0.15) is 37.4 Å². The SMILES string of the molecule is CCCCn1c2c(cc(-c3nnc(N)s3)c1=O)CCC2. The van der Waals surface area contributed by atoms with Crippen LogP contribution in [0.25, 0.3) is 10.6 Å². The standard InChI is InChI=1S/C14H18N4OS/c1-2-3-7-18-11-6-4-5-9(11)8-10(13(18)19)12-16-17-14(15)20-12/h8H,2-7H2,1H3,(H2,15,17). The number of aromatic nitrogens is 3. The van der Waals surface area contributed by atoms with Crippen molar-refractivity contribution in [1.29, 1.82) is 0 Å². The number of hydrogen-bond acceptors (Lipinski definition) is 5. The van der Waals surface area contributed by atoms with Gasteiger partial charge in [-0.25, -0.2) is 0 Å². The molecule has 0 atom stereocenters. The smallest absolute Gasteiger partial charge is 0.261 e. The van der Waals surface area contributed by atoms with Gasteiger partial charge in [-0.05, 0) is 37.3 Å². The topological polar surface area (TPSA) is 73.8 Å². The average molecular weight is 290 g/mol. The molecule has 0 spiro atoms. The van der Waals surface area contributed by atoms with Gasteiger partial charge in [0.25, 0.3) is 5.56 Å². The first-order valence-corrected chi connectivity index (χ1v) is 7.87. The highest BCUT2D eigenvalue weighted by Crippen LogP contribution is 2.27. The van der Waals surface area contributed by atoms with E-state index in [9.17, 15) is 4.79 Å². The van der Waals surface area contributed by atoms with Crippen molar-refractivity contribution in [3.8, 4) is 10.6 Å². The fourth-order valence-corrected chi connectivity index (χ4v) is 3.39. The molecule has 0 unspecified atom stereocenters. The molecule has 0 bridgehead atoms.